The number of carbonyl (C=O) groups is 1. The maximum Gasteiger partial charge on any atom is 0.348 e. The highest BCUT2D eigenvalue weighted by atomic mass is 35.5. The lowest BCUT2D eigenvalue weighted by atomic mass is 10.2. The zero-order chi connectivity index (χ0) is 21.4. The normalized spacial score (nSPS) is 11.3. The van der Waals surface area contributed by atoms with Gasteiger partial charge in [-0.05, 0) is 36.1 Å². The molecule has 5 aromatic rings. The van der Waals surface area contributed by atoms with Gasteiger partial charge in [-0.25, -0.2) is 4.79 Å². The summed E-state index contributed by atoms with van der Waals surface area (Å²) in [5, 5.41) is 16.0. The number of aryl methyl sites for hydroxylation is 1. The van der Waals surface area contributed by atoms with Gasteiger partial charge in [0.1, 0.15) is 9.71 Å². The quantitative estimate of drug-likeness (QED) is 0.301. The number of aromatic nitrogens is 4. The van der Waals surface area contributed by atoms with Crippen LogP contribution >= 0.6 is 34.3 Å². The number of nitrogens with zero attached hydrogens (tertiary/aromatic N) is 4. The van der Waals surface area contributed by atoms with Crippen molar-refractivity contribution in [2.75, 3.05) is 0 Å². The van der Waals surface area contributed by atoms with E-state index in [0.717, 1.165) is 26.4 Å². The molecule has 1 aromatic carbocycles. The smallest absolute Gasteiger partial charge is 0.348 e. The summed E-state index contributed by atoms with van der Waals surface area (Å²) in [5.74, 6) is 0.220. The summed E-state index contributed by atoms with van der Waals surface area (Å²) < 4.78 is 12.8. The minimum Gasteiger partial charge on any atom is -0.451 e. The van der Waals surface area contributed by atoms with Crippen LogP contribution in [0.25, 0.3) is 21.0 Å². The van der Waals surface area contributed by atoms with Crippen molar-refractivity contribution in [1.29, 1.82) is 0 Å². The average Bonchev–Trinajstić information content (AvgIpc) is 3.55. The molecule has 0 aliphatic rings. The fourth-order valence-electron chi connectivity index (χ4n) is 3.12. The molecule has 0 atom stereocenters. The van der Waals surface area contributed by atoms with Gasteiger partial charge in [-0.15, -0.1) is 32.9 Å². The molecule has 5 rings (SSSR count). The number of benzene rings is 1. The monoisotopic (exact) mass is 470 g/mol. The number of carbonyl (C=O) groups excluding carboxylic acids is 1. The number of halogens is 1. The zero-order valence-corrected chi connectivity index (χ0v) is 18.6. The lowest BCUT2D eigenvalue weighted by Crippen LogP contribution is -2.04. The molecule has 0 spiro atoms. The zero-order valence-electron chi connectivity index (χ0n) is 16.2. The molecular formula is C21H15ClN4O3S2. The third-order valence-electron chi connectivity index (χ3n) is 4.61. The van der Waals surface area contributed by atoms with Crippen molar-refractivity contribution >= 4 is 50.5 Å². The highest BCUT2D eigenvalue weighted by Gasteiger charge is 2.19. The number of hydrogen-bond donors (Lipinski definition) is 0. The van der Waals surface area contributed by atoms with E-state index in [9.17, 15) is 4.79 Å². The van der Waals surface area contributed by atoms with E-state index in [-0.39, 0.29) is 12.5 Å². The van der Waals surface area contributed by atoms with E-state index in [2.05, 4.69) is 15.3 Å². The van der Waals surface area contributed by atoms with Crippen LogP contribution in [0.3, 0.4) is 0 Å². The van der Waals surface area contributed by atoms with E-state index in [1.807, 2.05) is 53.4 Å². The summed E-state index contributed by atoms with van der Waals surface area (Å²) in [7, 11) is 0. The second-order valence-corrected chi connectivity index (χ2v) is 9.10. The number of hydrogen-bond acceptors (Lipinski definition) is 8. The van der Waals surface area contributed by atoms with Gasteiger partial charge in [0.2, 0.25) is 0 Å². The largest absolute Gasteiger partial charge is 0.451 e. The molecule has 0 radical (unpaired) electrons. The minimum absolute atomic E-state index is 0.0871. The Balaban J connectivity index is 1.32. The molecule has 0 N–H and O–H groups in total. The van der Waals surface area contributed by atoms with E-state index in [1.54, 1.807) is 6.07 Å². The van der Waals surface area contributed by atoms with Crippen LogP contribution in [0.1, 0.15) is 26.8 Å². The Hall–Kier alpha value is -3.01. The molecule has 4 heterocycles. The van der Waals surface area contributed by atoms with Crippen molar-refractivity contribution in [1.82, 2.24) is 20.0 Å². The molecule has 0 aliphatic heterocycles. The third-order valence-corrected chi connectivity index (χ3v) is 6.97. The van der Waals surface area contributed by atoms with Gasteiger partial charge in [0.25, 0.3) is 11.8 Å². The van der Waals surface area contributed by atoms with Crippen molar-refractivity contribution in [3.63, 3.8) is 0 Å². The maximum absolute atomic E-state index is 12.6. The van der Waals surface area contributed by atoms with Crippen LogP contribution in [0, 0.1) is 6.92 Å². The fraction of sp³-hybridized carbons (Fsp3) is 0.143. The summed E-state index contributed by atoms with van der Waals surface area (Å²) in [6.07, 6.45) is 0. The molecule has 0 fully saturated rings. The Kier molecular flexibility index (Phi) is 5.31. The van der Waals surface area contributed by atoms with Crippen molar-refractivity contribution < 1.29 is 13.9 Å². The van der Waals surface area contributed by atoms with Gasteiger partial charge in [0.05, 0.1) is 17.1 Å². The summed E-state index contributed by atoms with van der Waals surface area (Å²) in [6.45, 7) is 2.35. The van der Waals surface area contributed by atoms with E-state index in [4.69, 9.17) is 20.8 Å². The van der Waals surface area contributed by atoms with Gasteiger partial charge in [-0.3, -0.25) is 4.68 Å². The van der Waals surface area contributed by atoms with E-state index in [1.165, 1.54) is 22.7 Å². The summed E-state index contributed by atoms with van der Waals surface area (Å²) >= 11 is 9.12. The Morgan fingerprint density at radius 3 is 2.90 bits per heavy atom. The molecular weight excluding hydrogens is 456 g/mol. The molecule has 0 unspecified atom stereocenters. The van der Waals surface area contributed by atoms with Crippen LogP contribution in [0.5, 0.6) is 0 Å². The topological polar surface area (TPSA) is 83.0 Å². The second-order valence-electron chi connectivity index (χ2n) is 6.72. The molecule has 0 aliphatic carbocycles. The molecule has 10 heteroatoms. The number of fused-ring (bicyclic) bond motifs is 1. The molecule has 156 valence electrons. The standard InChI is InChI=1S/C21H15ClN4O3S2/c1-12-14-9-17(31-20(14)26(25-12)10-13-5-2-3-6-15(13)22)21(27)28-11-18-23-24-19(29-18)16-7-4-8-30-16/h2-9H,10-11H2,1H3. The van der Waals surface area contributed by atoms with Crippen LogP contribution in [-0.2, 0) is 17.9 Å². The maximum atomic E-state index is 12.6. The van der Waals surface area contributed by atoms with Crippen molar-refractivity contribution in [3.8, 4) is 10.8 Å². The lowest BCUT2D eigenvalue weighted by molar-refractivity contribution is 0.0444. The first kappa shape index (κ1) is 19.9. The lowest BCUT2D eigenvalue weighted by Gasteiger charge is -2.05. The first-order valence-corrected chi connectivity index (χ1v) is 11.4. The van der Waals surface area contributed by atoms with Crippen molar-refractivity contribution in [3.05, 3.63) is 74.9 Å². The molecule has 0 saturated heterocycles. The first-order chi connectivity index (χ1) is 15.1. The first-order valence-electron chi connectivity index (χ1n) is 9.32. The van der Waals surface area contributed by atoms with Crippen LogP contribution in [0.2, 0.25) is 5.02 Å². The third kappa shape index (κ3) is 3.99. The van der Waals surface area contributed by atoms with E-state index >= 15 is 0 Å². The number of thiophene rings is 2. The van der Waals surface area contributed by atoms with Crippen LogP contribution in [-0.4, -0.2) is 25.9 Å². The Morgan fingerprint density at radius 1 is 1.23 bits per heavy atom. The molecule has 0 bridgehead atoms. The number of rotatable bonds is 6. The second kappa shape index (κ2) is 8.26. The number of ether oxygens (including phenoxy) is 1. The summed E-state index contributed by atoms with van der Waals surface area (Å²) in [4.78, 5) is 14.9. The van der Waals surface area contributed by atoms with Crippen LogP contribution in [0.15, 0.2) is 52.3 Å². The molecule has 31 heavy (non-hydrogen) atoms. The SMILES string of the molecule is Cc1nn(Cc2ccccc2Cl)c2sc(C(=O)OCc3nnc(-c4cccs4)o3)cc12. The van der Waals surface area contributed by atoms with E-state index in [0.29, 0.717) is 22.3 Å². The predicted molar refractivity (Wildman–Crippen MR) is 120 cm³/mol. The average molecular weight is 471 g/mol. The van der Waals surface area contributed by atoms with Crippen LogP contribution in [0.4, 0.5) is 0 Å². The summed E-state index contributed by atoms with van der Waals surface area (Å²) in [5.41, 5.74) is 1.80. The summed E-state index contributed by atoms with van der Waals surface area (Å²) in [6, 6.07) is 13.2. The minimum atomic E-state index is -0.444. The van der Waals surface area contributed by atoms with Gasteiger partial charge >= 0.3 is 5.97 Å². The molecule has 0 amide bonds. The van der Waals surface area contributed by atoms with Crippen molar-refractivity contribution in [2.24, 2.45) is 0 Å². The van der Waals surface area contributed by atoms with Crippen LogP contribution < -0.4 is 0 Å². The van der Waals surface area contributed by atoms with E-state index < -0.39 is 5.97 Å². The van der Waals surface area contributed by atoms with Gasteiger partial charge in [-0.1, -0.05) is 35.9 Å². The fourth-order valence-corrected chi connectivity index (χ4v) is 5.01. The molecule has 7 nitrogen and oxygen atoms in total. The molecule has 4 aromatic heterocycles. The van der Waals surface area contributed by atoms with Gasteiger partial charge in [0, 0.05) is 10.4 Å². The predicted octanol–water partition coefficient (Wildman–Crippen LogP) is 5.58. The Labute approximate surface area is 189 Å². The van der Waals surface area contributed by atoms with Gasteiger partial charge < -0.3 is 9.15 Å². The van der Waals surface area contributed by atoms with Gasteiger partial charge in [-0.2, -0.15) is 5.10 Å². The Bertz CT molecular complexity index is 1370. The number of esters is 1. The molecule has 0 saturated carbocycles. The highest BCUT2D eigenvalue weighted by molar-refractivity contribution is 7.20. The Morgan fingerprint density at radius 2 is 2.10 bits per heavy atom. The van der Waals surface area contributed by atoms with Gasteiger partial charge in [0.15, 0.2) is 6.61 Å². The highest BCUT2D eigenvalue weighted by Crippen LogP contribution is 2.30. The van der Waals surface area contributed by atoms with Crippen molar-refractivity contribution in [2.45, 2.75) is 20.1 Å².